The Kier molecular flexibility index (Phi) is 5.36. The molecule has 0 atom stereocenters. The summed E-state index contributed by atoms with van der Waals surface area (Å²) in [6.07, 6.45) is -0.200. The summed E-state index contributed by atoms with van der Waals surface area (Å²) in [7, 11) is 0. The smallest absolute Gasteiger partial charge is 0.257 e. The third kappa shape index (κ3) is 4.62. The van der Waals surface area contributed by atoms with E-state index in [9.17, 15) is 14.7 Å². The molecule has 0 saturated carbocycles. The fraction of sp³-hybridized carbons (Fsp3) is 0.429. The van der Waals surface area contributed by atoms with Crippen molar-refractivity contribution in [1.29, 1.82) is 0 Å². The number of carbonyl (C=O) groups excluding carboxylic acids is 2. The summed E-state index contributed by atoms with van der Waals surface area (Å²) in [5.74, 6) is -0.830. The average Bonchev–Trinajstić information content (AvgIpc) is 2.33. The molecule has 0 aliphatic heterocycles. The van der Waals surface area contributed by atoms with E-state index in [4.69, 9.17) is 4.74 Å². The Labute approximate surface area is 112 Å². The molecule has 0 heterocycles. The molecule has 5 nitrogen and oxygen atoms in total. The van der Waals surface area contributed by atoms with Gasteiger partial charge < -0.3 is 20.0 Å². The summed E-state index contributed by atoms with van der Waals surface area (Å²) in [6, 6.07) is 3.93. The van der Waals surface area contributed by atoms with E-state index in [2.05, 4.69) is 5.32 Å². The Morgan fingerprint density at radius 1 is 1.21 bits per heavy atom. The monoisotopic (exact) mass is 264 g/mol. The lowest BCUT2D eigenvalue weighted by atomic mass is 10.1. The Morgan fingerprint density at radius 3 is 2.47 bits per heavy atom. The highest BCUT2D eigenvalue weighted by molar-refractivity contribution is 5.78. The van der Waals surface area contributed by atoms with Gasteiger partial charge in [-0.1, -0.05) is 12.1 Å². The molecule has 0 radical (unpaired) electrons. The summed E-state index contributed by atoms with van der Waals surface area (Å²) < 4.78 is 5.49. The van der Waals surface area contributed by atoms with Crippen molar-refractivity contribution in [1.82, 2.24) is 5.32 Å². The van der Waals surface area contributed by atoms with Crippen molar-refractivity contribution in [2.45, 2.75) is 27.2 Å². The van der Waals surface area contributed by atoms with E-state index in [0.717, 1.165) is 16.7 Å². The summed E-state index contributed by atoms with van der Waals surface area (Å²) in [6.45, 7) is 5.75. The van der Waals surface area contributed by atoms with Crippen molar-refractivity contribution in [3.8, 4) is 5.75 Å². The van der Waals surface area contributed by atoms with Gasteiger partial charge in [-0.3, -0.25) is 4.79 Å². The molecule has 0 aliphatic rings. The van der Waals surface area contributed by atoms with Gasteiger partial charge in [-0.2, -0.15) is 0 Å². The topological polar surface area (TPSA) is 78.5 Å². The Balaban J connectivity index is 2.51. The van der Waals surface area contributed by atoms with Gasteiger partial charge >= 0.3 is 0 Å². The lowest BCUT2D eigenvalue weighted by molar-refractivity contribution is -0.305. The summed E-state index contributed by atoms with van der Waals surface area (Å²) in [4.78, 5) is 21.6. The third-order valence-corrected chi connectivity index (χ3v) is 2.87. The van der Waals surface area contributed by atoms with E-state index in [1.807, 2.05) is 32.9 Å². The molecule has 0 bridgehead atoms. The molecular weight excluding hydrogens is 246 g/mol. The first kappa shape index (κ1) is 15.0. The van der Waals surface area contributed by atoms with Gasteiger partial charge in [0.1, 0.15) is 5.75 Å². The van der Waals surface area contributed by atoms with Crippen LogP contribution in [0.3, 0.4) is 0 Å². The van der Waals surface area contributed by atoms with Gasteiger partial charge in [0.05, 0.1) is 0 Å². The highest BCUT2D eigenvalue weighted by Crippen LogP contribution is 2.25. The number of ether oxygens (including phenoxy) is 1. The highest BCUT2D eigenvalue weighted by atomic mass is 16.5. The number of aryl methyl sites for hydroxylation is 2. The molecule has 1 aromatic carbocycles. The van der Waals surface area contributed by atoms with Crippen molar-refractivity contribution < 1.29 is 19.4 Å². The molecule has 0 aromatic heterocycles. The minimum absolute atomic E-state index is 0.0519. The lowest BCUT2D eigenvalue weighted by Crippen LogP contribution is -2.33. The molecule has 0 aliphatic carbocycles. The number of rotatable bonds is 6. The molecule has 1 rings (SSSR count). The van der Waals surface area contributed by atoms with Gasteiger partial charge in [-0.05, 0) is 37.5 Å². The lowest BCUT2D eigenvalue weighted by Gasteiger charge is -2.14. The molecule has 1 amide bonds. The van der Waals surface area contributed by atoms with E-state index in [0.29, 0.717) is 5.75 Å². The van der Waals surface area contributed by atoms with Gasteiger partial charge in [0.25, 0.3) is 5.91 Å². The Bertz CT molecular complexity index is 483. The minimum atomic E-state index is -1.19. The van der Waals surface area contributed by atoms with Crippen LogP contribution in [0.2, 0.25) is 0 Å². The van der Waals surface area contributed by atoms with Gasteiger partial charge in [-0.15, -0.1) is 0 Å². The highest BCUT2D eigenvalue weighted by Gasteiger charge is 2.08. The molecule has 104 valence electrons. The summed E-state index contributed by atoms with van der Waals surface area (Å²) in [5.41, 5.74) is 3.06. The predicted molar refractivity (Wildman–Crippen MR) is 68.8 cm³/mol. The number of carboxylic acid groups (broad SMARTS) is 1. The van der Waals surface area contributed by atoms with E-state index in [-0.39, 0.29) is 25.5 Å². The molecule has 0 spiro atoms. The van der Waals surface area contributed by atoms with E-state index in [1.54, 1.807) is 0 Å². The van der Waals surface area contributed by atoms with Crippen LogP contribution in [0.25, 0.3) is 0 Å². The maximum Gasteiger partial charge on any atom is 0.257 e. The summed E-state index contributed by atoms with van der Waals surface area (Å²) in [5, 5.41) is 12.6. The second kappa shape index (κ2) is 6.78. The molecule has 1 aromatic rings. The van der Waals surface area contributed by atoms with Crippen molar-refractivity contribution in [2.24, 2.45) is 0 Å². The van der Waals surface area contributed by atoms with E-state index < -0.39 is 5.97 Å². The standard InChI is InChI=1S/C14H19NO4/c1-9-4-5-10(2)14(11(9)3)19-8-12(16)15-7-6-13(17)18/h4-5H,6-8H2,1-3H3,(H,15,16)(H,17,18)/p-1. The molecule has 0 unspecified atom stereocenters. The van der Waals surface area contributed by atoms with Gasteiger partial charge in [0, 0.05) is 18.9 Å². The van der Waals surface area contributed by atoms with Gasteiger partial charge in [0.2, 0.25) is 0 Å². The zero-order valence-corrected chi connectivity index (χ0v) is 11.4. The van der Waals surface area contributed by atoms with Crippen molar-refractivity contribution >= 4 is 11.9 Å². The van der Waals surface area contributed by atoms with Crippen LogP contribution in [0.5, 0.6) is 5.75 Å². The number of aliphatic carboxylic acids is 1. The van der Waals surface area contributed by atoms with Gasteiger partial charge in [0.15, 0.2) is 6.61 Å². The molecular formula is C14H18NO4-. The number of hydrogen-bond acceptors (Lipinski definition) is 4. The predicted octanol–water partition coefficient (Wildman–Crippen LogP) is 0.247. The van der Waals surface area contributed by atoms with Crippen LogP contribution >= 0.6 is 0 Å². The van der Waals surface area contributed by atoms with Crippen LogP contribution < -0.4 is 15.2 Å². The largest absolute Gasteiger partial charge is 0.550 e. The number of amides is 1. The van der Waals surface area contributed by atoms with E-state index >= 15 is 0 Å². The number of carbonyl (C=O) groups is 2. The molecule has 19 heavy (non-hydrogen) atoms. The van der Waals surface area contributed by atoms with Crippen LogP contribution in [0, 0.1) is 20.8 Å². The van der Waals surface area contributed by atoms with Crippen molar-refractivity contribution in [3.05, 3.63) is 28.8 Å². The second-order valence-electron chi connectivity index (χ2n) is 4.41. The quantitative estimate of drug-likeness (QED) is 0.798. The first-order chi connectivity index (χ1) is 8.91. The Hall–Kier alpha value is -2.04. The SMILES string of the molecule is Cc1ccc(C)c(OCC(=O)NCCC(=O)[O-])c1C. The number of carboxylic acids is 1. The van der Waals surface area contributed by atoms with Crippen molar-refractivity contribution in [3.63, 3.8) is 0 Å². The average molecular weight is 264 g/mol. The second-order valence-corrected chi connectivity index (χ2v) is 4.41. The fourth-order valence-corrected chi connectivity index (χ4v) is 1.64. The van der Waals surface area contributed by atoms with Crippen LogP contribution in [0.15, 0.2) is 12.1 Å². The van der Waals surface area contributed by atoms with Crippen LogP contribution in [-0.2, 0) is 9.59 Å². The molecule has 5 heteroatoms. The zero-order chi connectivity index (χ0) is 14.4. The van der Waals surface area contributed by atoms with Crippen LogP contribution in [0.1, 0.15) is 23.1 Å². The number of hydrogen-bond donors (Lipinski definition) is 1. The zero-order valence-electron chi connectivity index (χ0n) is 11.4. The minimum Gasteiger partial charge on any atom is -0.550 e. The number of nitrogens with one attached hydrogen (secondary N) is 1. The first-order valence-electron chi connectivity index (χ1n) is 6.08. The third-order valence-electron chi connectivity index (χ3n) is 2.87. The van der Waals surface area contributed by atoms with E-state index in [1.165, 1.54) is 0 Å². The first-order valence-corrected chi connectivity index (χ1v) is 6.08. The Morgan fingerprint density at radius 2 is 1.84 bits per heavy atom. The molecule has 0 saturated heterocycles. The molecule has 0 fully saturated rings. The number of benzene rings is 1. The molecule has 1 N–H and O–H groups in total. The van der Waals surface area contributed by atoms with Crippen LogP contribution in [0.4, 0.5) is 0 Å². The fourth-order valence-electron chi connectivity index (χ4n) is 1.64. The van der Waals surface area contributed by atoms with Crippen molar-refractivity contribution in [2.75, 3.05) is 13.2 Å². The summed E-state index contributed by atoms with van der Waals surface area (Å²) >= 11 is 0. The maximum atomic E-state index is 11.5. The maximum absolute atomic E-state index is 11.5. The van der Waals surface area contributed by atoms with Gasteiger partial charge in [-0.25, -0.2) is 0 Å². The normalized spacial score (nSPS) is 10.1. The van der Waals surface area contributed by atoms with Crippen LogP contribution in [-0.4, -0.2) is 25.0 Å².